The first-order chi connectivity index (χ1) is 6.58. The predicted octanol–water partition coefficient (Wildman–Crippen LogP) is 2.01. The van der Waals surface area contributed by atoms with Crippen molar-refractivity contribution in [1.29, 1.82) is 0 Å². The van der Waals surface area contributed by atoms with E-state index in [9.17, 15) is 13.2 Å². The van der Waals surface area contributed by atoms with Gasteiger partial charge in [0.25, 0.3) is 0 Å². The molecule has 0 aliphatic carbocycles. The number of thioether (sulfide) groups is 1. The van der Waals surface area contributed by atoms with Gasteiger partial charge in [-0.25, -0.2) is 0 Å². The molecule has 0 spiro atoms. The van der Waals surface area contributed by atoms with Crippen molar-refractivity contribution in [2.75, 3.05) is 25.4 Å². The quantitative estimate of drug-likeness (QED) is 0.745. The Bertz CT molecular complexity index is 159. The molecule has 1 aliphatic rings. The maximum absolute atomic E-state index is 11.7. The summed E-state index contributed by atoms with van der Waals surface area (Å²) in [4.78, 5) is 0. The van der Waals surface area contributed by atoms with Crippen LogP contribution in [0.2, 0.25) is 0 Å². The van der Waals surface area contributed by atoms with Crippen molar-refractivity contribution in [2.45, 2.75) is 24.5 Å². The van der Waals surface area contributed by atoms with E-state index < -0.39 is 5.51 Å². The van der Waals surface area contributed by atoms with E-state index in [2.05, 4.69) is 5.32 Å². The van der Waals surface area contributed by atoms with Gasteiger partial charge >= 0.3 is 5.51 Å². The molecule has 1 aliphatic heterocycles. The fourth-order valence-electron chi connectivity index (χ4n) is 1.33. The summed E-state index contributed by atoms with van der Waals surface area (Å²) in [6.45, 7) is 1.92. The molecule has 1 N–H and O–H groups in total. The number of piperidine rings is 1. The van der Waals surface area contributed by atoms with E-state index in [0.29, 0.717) is 0 Å². The van der Waals surface area contributed by atoms with Crippen molar-refractivity contribution in [2.24, 2.45) is 0 Å². The van der Waals surface area contributed by atoms with Crippen molar-refractivity contribution in [1.82, 2.24) is 5.32 Å². The first-order valence-corrected chi connectivity index (χ1v) is 5.59. The van der Waals surface area contributed by atoms with Crippen molar-refractivity contribution < 1.29 is 17.9 Å². The maximum atomic E-state index is 11.7. The summed E-state index contributed by atoms with van der Waals surface area (Å²) in [7, 11) is 0. The molecule has 2 nitrogen and oxygen atoms in total. The minimum atomic E-state index is -4.13. The molecule has 84 valence electrons. The molecule has 1 rings (SSSR count). The van der Waals surface area contributed by atoms with E-state index in [1.54, 1.807) is 0 Å². The van der Waals surface area contributed by atoms with Crippen LogP contribution in [0, 0.1) is 0 Å². The van der Waals surface area contributed by atoms with Gasteiger partial charge in [-0.15, -0.1) is 0 Å². The molecule has 1 fully saturated rings. The van der Waals surface area contributed by atoms with E-state index in [4.69, 9.17) is 4.74 Å². The van der Waals surface area contributed by atoms with Crippen molar-refractivity contribution >= 4 is 11.8 Å². The lowest BCUT2D eigenvalue weighted by atomic mass is 10.1. The summed E-state index contributed by atoms with van der Waals surface area (Å²) in [5, 5.41) is 3.14. The molecule has 0 aromatic rings. The molecule has 0 amide bonds. The number of hydrogen-bond donors (Lipinski definition) is 1. The molecule has 0 saturated carbocycles. The minimum absolute atomic E-state index is 0.0139. The highest BCUT2D eigenvalue weighted by Gasteiger charge is 2.27. The van der Waals surface area contributed by atoms with E-state index >= 15 is 0 Å². The van der Waals surface area contributed by atoms with Gasteiger partial charge in [-0.05, 0) is 31.1 Å². The minimum Gasteiger partial charge on any atom is -0.376 e. The third-order valence-electron chi connectivity index (χ3n) is 1.95. The van der Waals surface area contributed by atoms with Crippen LogP contribution in [0.15, 0.2) is 0 Å². The number of rotatable bonds is 4. The lowest BCUT2D eigenvalue weighted by molar-refractivity contribution is -0.0335. The topological polar surface area (TPSA) is 21.3 Å². The van der Waals surface area contributed by atoms with Crippen LogP contribution >= 0.6 is 11.8 Å². The van der Waals surface area contributed by atoms with Gasteiger partial charge in [0.2, 0.25) is 0 Å². The third kappa shape index (κ3) is 5.72. The second-order valence-electron chi connectivity index (χ2n) is 3.13. The summed E-state index contributed by atoms with van der Waals surface area (Å²) in [6, 6.07) is 0. The standard InChI is InChI=1S/C8H14F3NOS/c9-8(10,11)14-5-4-13-7-2-1-3-12-6-7/h7,12H,1-6H2/t7-/m0/s1. The summed E-state index contributed by atoms with van der Waals surface area (Å²) >= 11 is -0.0233. The van der Waals surface area contributed by atoms with Gasteiger partial charge in [0.1, 0.15) is 0 Å². The predicted molar refractivity (Wildman–Crippen MR) is 50.4 cm³/mol. The first-order valence-electron chi connectivity index (χ1n) is 4.61. The molecule has 0 unspecified atom stereocenters. The van der Waals surface area contributed by atoms with E-state index in [0.717, 1.165) is 25.9 Å². The van der Waals surface area contributed by atoms with E-state index in [1.165, 1.54) is 0 Å². The lowest BCUT2D eigenvalue weighted by Gasteiger charge is -2.22. The van der Waals surface area contributed by atoms with Gasteiger partial charge in [-0.2, -0.15) is 13.2 Å². The van der Waals surface area contributed by atoms with Crippen LogP contribution in [0.3, 0.4) is 0 Å². The van der Waals surface area contributed by atoms with Gasteiger partial charge in [0.15, 0.2) is 0 Å². The number of halogens is 3. The first kappa shape index (κ1) is 12.1. The number of alkyl halides is 3. The maximum Gasteiger partial charge on any atom is 0.441 e. The molecule has 1 saturated heterocycles. The Kier molecular flexibility index (Phi) is 5.05. The monoisotopic (exact) mass is 229 g/mol. The largest absolute Gasteiger partial charge is 0.441 e. The summed E-state index contributed by atoms with van der Waals surface area (Å²) in [6.07, 6.45) is 2.08. The fourth-order valence-corrected chi connectivity index (χ4v) is 1.75. The summed E-state index contributed by atoms with van der Waals surface area (Å²) < 4.78 is 40.4. The molecule has 6 heteroatoms. The number of hydrogen-bond acceptors (Lipinski definition) is 3. The Hall–Kier alpha value is 0.0600. The van der Waals surface area contributed by atoms with Crippen LogP contribution in [-0.2, 0) is 4.74 Å². The van der Waals surface area contributed by atoms with Gasteiger partial charge in [-0.3, -0.25) is 0 Å². The second kappa shape index (κ2) is 5.82. The van der Waals surface area contributed by atoms with Crippen LogP contribution in [0.1, 0.15) is 12.8 Å². The average molecular weight is 229 g/mol. The Labute approximate surface area is 85.6 Å². The molecule has 1 atom stereocenters. The fraction of sp³-hybridized carbons (Fsp3) is 1.00. The average Bonchev–Trinajstić information content (AvgIpc) is 2.13. The van der Waals surface area contributed by atoms with Gasteiger partial charge in [0, 0.05) is 12.3 Å². The number of ether oxygens (including phenoxy) is 1. The lowest BCUT2D eigenvalue weighted by Crippen LogP contribution is -2.35. The van der Waals surface area contributed by atoms with Crippen LogP contribution < -0.4 is 5.32 Å². The van der Waals surface area contributed by atoms with Crippen molar-refractivity contribution in [3.05, 3.63) is 0 Å². The zero-order chi connectivity index (χ0) is 10.4. The molecule has 0 aromatic carbocycles. The molecular weight excluding hydrogens is 215 g/mol. The van der Waals surface area contributed by atoms with Crippen LogP contribution in [-0.4, -0.2) is 37.1 Å². The summed E-state index contributed by atoms with van der Waals surface area (Å²) in [5.41, 5.74) is -4.13. The van der Waals surface area contributed by atoms with Gasteiger partial charge in [-0.1, -0.05) is 0 Å². The zero-order valence-electron chi connectivity index (χ0n) is 7.77. The van der Waals surface area contributed by atoms with Crippen LogP contribution in [0.5, 0.6) is 0 Å². The Balaban J connectivity index is 1.97. The van der Waals surface area contributed by atoms with Crippen LogP contribution in [0.25, 0.3) is 0 Å². The van der Waals surface area contributed by atoms with Gasteiger partial charge in [0.05, 0.1) is 12.7 Å². The third-order valence-corrected chi connectivity index (χ3v) is 2.65. The van der Waals surface area contributed by atoms with E-state index in [-0.39, 0.29) is 30.2 Å². The molecular formula is C8H14F3NOS. The van der Waals surface area contributed by atoms with E-state index in [1.807, 2.05) is 0 Å². The van der Waals surface area contributed by atoms with Crippen molar-refractivity contribution in [3.63, 3.8) is 0 Å². The highest BCUT2D eigenvalue weighted by molar-refractivity contribution is 8.00. The molecule has 0 aromatic heterocycles. The highest BCUT2D eigenvalue weighted by Crippen LogP contribution is 2.29. The SMILES string of the molecule is FC(F)(F)SCCO[C@H]1CCCNC1. The van der Waals surface area contributed by atoms with Gasteiger partial charge < -0.3 is 10.1 Å². The van der Waals surface area contributed by atoms with Crippen LogP contribution in [0.4, 0.5) is 13.2 Å². The molecule has 0 bridgehead atoms. The molecule has 1 heterocycles. The second-order valence-corrected chi connectivity index (χ2v) is 4.29. The Morgan fingerprint density at radius 1 is 1.43 bits per heavy atom. The Morgan fingerprint density at radius 2 is 2.21 bits per heavy atom. The number of nitrogens with one attached hydrogen (secondary N) is 1. The Morgan fingerprint density at radius 3 is 2.79 bits per heavy atom. The van der Waals surface area contributed by atoms with Crippen molar-refractivity contribution in [3.8, 4) is 0 Å². The smallest absolute Gasteiger partial charge is 0.376 e. The zero-order valence-corrected chi connectivity index (χ0v) is 8.59. The molecule has 0 radical (unpaired) electrons. The highest BCUT2D eigenvalue weighted by atomic mass is 32.2. The summed E-state index contributed by atoms with van der Waals surface area (Å²) in [5.74, 6) is -0.0139. The molecule has 14 heavy (non-hydrogen) atoms. The normalized spacial score (nSPS) is 23.8.